The van der Waals surface area contributed by atoms with Gasteiger partial charge in [0, 0.05) is 29.1 Å². The predicted molar refractivity (Wildman–Crippen MR) is 140 cm³/mol. The van der Waals surface area contributed by atoms with Crippen molar-refractivity contribution in [1.82, 2.24) is 15.1 Å². The molecular formula is C31H32F2N4O2. The molecule has 202 valence electrons. The SMILES string of the molecule is O=C(N(CC12CCC(c3nc(C4CC4)no3)(CC1)CC2)c1cccc(-c2ccc(F)cn2)c1)C12CC(F)(C1)C2. The molecule has 0 saturated heterocycles. The Balaban J connectivity index is 1.07. The van der Waals surface area contributed by atoms with Crippen molar-refractivity contribution in [2.45, 2.75) is 87.6 Å². The Morgan fingerprint density at radius 1 is 1.03 bits per heavy atom. The number of rotatable bonds is 7. The van der Waals surface area contributed by atoms with E-state index in [1.54, 1.807) is 6.07 Å². The van der Waals surface area contributed by atoms with Crippen LogP contribution in [0.4, 0.5) is 14.5 Å². The summed E-state index contributed by atoms with van der Waals surface area (Å²) in [4.78, 5) is 25.1. The third kappa shape index (κ3) is 3.70. The van der Waals surface area contributed by atoms with E-state index < -0.39 is 11.1 Å². The predicted octanol–water partition coefficient (Wildman–Crippen LogP) is 6.67. The van der Waals surface area contributed by atoms with Crippen molar-refractivity contribution in [2.24, 2.45) is 10.8 Å². The average Bonchev–Trinajstić information content (AvgIpc) is 3.66. The van der Waals surface area contributed by atoms with Crippen LogP contribution in [0.15, 0.2) is 47.1 Å². The number of halogens is 2. The number of anilines is 1. The molecule has 8 heteroatoms. The number of amides is 1. The zero-order valence-corrected chi connectivity index (χ0v) is 22.0. The van der Waals surface area contributed by atoms with Crippen molar-refractivity contribution in [3.8, 4) is 11.3 Å². The molecule has 2 aromatic heterocycles. The van der Waals surface area contributed by atoms with Gasteiger partial charge in [-0.3, -0.25) is 9.78 Å². The monoisotopic (exact) mass is 530 g/mol. The number of carbonyl (C=O) groups excluding carboxylic acids is 1. The molecular weight excluding hydrogens is 498 g/mol. The summed E-state index contributed by atoms with van der Waals surface area (Å²) in [5.41, 5.74) is 0.559. The molecule has 2 heterocycles. The van der Waals surface area contributed by atoms with Gasteiger partial charge in [0.15, 0.2) is 5.82 Å². The Bertz CT molecular complexity index is 1420. The first-order valence-electron chi connectivity index (χ1n) is 14.4. The van der Waals surface area contributed by atoms with E-state index in [0.717, 1.165) is 74.3 Å². The highest BCUT2D eigenvalue weighted by Gasteiger charge is 2.73. The second kappa shape index (κ2) is 7.95. The second-order valence-corrected chi connectivity index (χ2v) is 13.3. The number of nitrogens with zero attached hydrogens (tertiary/aromatic N) is 4. The molecule has 0 aliphatic heterocycles. The van der Waals surface area contributed by atoms with Crippen molar-refractivity contribution in [1.29, 1.82) is 0 Å². The second-order valence-electron chi connectivity index (χ2n) is 13.3. The van der Waals surface area contributed by atoms with E-state index in [1.165, 1.54) is 12.3 Å². The van der Waals surface area contributed by atoms with Gasteiger partial charge < -0.3 is 9.42 Å². The molecule has 6 nitrogen and oxygen atoms in total. The van der Waals surface area contributed by atoms with Crippen molar-refractivity contribution in [3.63, 3.8) is 0 Å². The Kier molecular flexibility index (Phi) is 4.83. The quantitative estimate of drug-likeness (QED) is 0.341. The van der Waals surface area contributed by atoms with E-state index in [1.807, 2.05) is 29.2 Å². The fourth-order valence-corrected chi connectivity index (χ4v) is 7.95. The van der Waals surface area contributed by atoms with Crippen molar-refractivity contribution >= 4 is 11.6 Å². The Hall–Kier alpha value is -3.16. The third-order valence-electron chi connectivity index (χ3n) is 10.6. The molecule has 4 bridgehead atoms. The molecule has 0 atom stereocenters. The van der Waals surface area contributed by atoms with Crippen LogP contribution in [0.5, 0.6) is 0 Å². The van der Waals surface area contributed by atoms with E-state index in [4.69, 9.17) is 9.51 Å². The molecule has 3 aromatic rings. The molecule has 0 radical (unpaired) electrons. The van der Waals surface area contributed by atoms with Gasteiger partial charge in [-0.15, -0.1) is 0 Å². The summed E-state index contributed by atoms with van der Waals surface area (Å²) in [7, 11) is 0. The summed E-state index contributed by atoms with van der Waals surface area (Å²) in [6, 6.07) is 10.8. The highest BCUT2D eigenvalue weighted by Crippen LogP contribution is 2.70. The Morgan fingerprint density at radius 3 is 2.41 bits per heavy atom. The lowest BCUT2D eigenvalue weighted by Gasteiger charge is -2.65. The van der Waals surface area contributed by atoms with Crippen molar-refractivity contribution in [2.75, 3.05) is 11.4 Å². The van der Waals surface area contributed by atoms with Gasteiger partial charge in [0.1, 0.15) is 11.5 Å². The third-order valence-corrected chi connectivity index (χ3v) is 10.6. The fraction of sp³-hybridized carbons (Fsp3) is 0.548. The minimum Gasteiger partial charge on any atom is -0.339 e. The number of carbonyl (C=O) groups is 1. The standard InChI is InChI=1S/C31H32F2N4O2/c32-22-6-7-24(34-15-22)21-2-1-3-23(14-21)37(27(38)30-16-31(33,17-30)18-30)19-28-8-11-29(12-9-28,13-10-28)26-35-25(36-39-26)20-4-5-20/h1-3,6-7,14-15,20H,4-5,8-13,16-19H2. The summed E-state index contributed by atoms with van der Waals surface area (Å²) >= 11 is 0. The normalized spacial score (nSPS) is 34.3. The zero-order valence-electron chi connectivity index (χ0n) is 22.0. The van der Waals surface area contributed by atoms with Gasteiger partial charge in [-0.2, -0.15) is 4.98 Å². The molecule has 7 aliphatic carbocycles. The number of benzene rings is 1. The van der Waals surface area contributed by atoms with E-state index >= 15 is 0 Å². The van der Waals surface area contributed by atoms with Crippen LogP contribution >= 0.6 is 0 Å². The van der Waals surface area contributed by atoms with Gasteiger partial charge in [-0.05, 0) is 100 Å². The highest BCUT2D eigenvalue weighted by molar-refractivity contribution is 6.00. The smallest absolute Gasteiger partial charge is 0.233 e. The summed E-state index contributed by atoms with van der Waals surface area (Å²) in [6.45, 7) is 0.625. The molecule has 0 spiro atoms. The van der Waals surface area contributed by atoms with Crippen LogP contribution in [0.25, 0.3) is 11.3 Å². The van der Waals surface area contributed by atoms with Gasteiger partial charge in [-0.1, -0.05) is 17.3 Å². The lowest BCUT2D eigenvalue weighted by molar-refractivity contribution is -0.211. The number of pyridine rings is 1. The van der Waals surface area contributed by atoms with E-state index in [9.17, 15) is 13.6 Å². The molecule has 0 N–H and O–H groups in total. The van der Waals surface area contributed by atoms with Crippen LogP contribution < -0.4 is 4.90 Å². The maximum atomic E-state index is 14.5. The van der Waals surface area contributed by atoms with Crippen LogP contribution in [-0.4, -0.2) is 33.2 Å². The average molecular weight is 531 g/mol. The van der Waals surface area contributed by atoms with E-state index in [0.29, 0.717) is 37.4 Å². The van der Waals surface area contributed by atoms with E-state index in [2.05, 4.69) is 10.1 Å². The van der Waals surface area contributed by atoms with Crippen LogP contribution in [-0.2, 0) is 10.2 Å². The summed E-state index contributed by atoms with van der Waals surface area (Å²) in [6.07, 6.45) is 10.5. The number of alkyl halides is 1. The van der Waals surface area contributed by atoms with Gasteiger partial charge >= 0.3 is 0 Å². The Morgan fingerprint density at radius 2 is 1.77 bits per heavy atom. The van der Waals surface area contributed by atoms with Crippen molar-refractivity contribution in [3.05, 3.63) is 60.1 Å². The molecule has 1 amide bonds. The number of aromatic nitrogens is 3. The van der Waals surface area contributed by atoms with Gasteiger partial charge in [-0.25, -0.2) is 8.78 Å². The van der Waals surface area contributed by atoms with Crippen LogP contribution in [0, 0.1) is 16.6 Å². The topological polar surface area (TPSA) is 72.1 Å². The van der Waals surface area contributed by atoms with Gasteiger partial charge in [0.2, 0.25) is 11.8 Å². The first-order valence-corrected chi connectivity index (χ1v) is 14.4. The van der Waals surface area contributed by atoms with Gasteiger partial charge in [0.25, 0.3) is 0 Å². The number of hydrogen-bond acceptors (Lipinski definition) is 5. The molecule has 39 heavy (non-hydrogen) atoms. The lowest BCUT2D eigenvalue weighted by atomic mass is 9.41. The summed E-state index contributed by atoms with van der Waals surface area (Å²) in [5.74, 6) is 1.83. The summed E-state index contributed by atoms with van der Waals surface area (Å²) < 4.78 is 33.8. The Labute approximate surface area is 226 Å². The van der Waals surface area contributed by atoms with Crippen LogP contribution in [0.1, 0.15) is 88.3 Å². The molecule has 7 fully saturated rings. The van der Waals surface area contributed by atoms with E-state index in [-0.39, 0.29) is 22.6 Å². The van der Waals surface area contributed by atoms with Crippen molar-refractivity contribution < 1.29 is 18.1 Å². The maximum absolute atomic E-state index is 14.5. The fourth-order valence-electron chi connectivity index (χ4n) is 7.95. The van der Waals surface area contributed by atoms with Gasteiger partial charge in [0.05, 0.1) is 17.3 Å². The summed E-state index contributed by atoms with van der Waals surface area (Å²) in [5, 5.41) is 4.29. The number of fused-ring (bicyclic) bond motifs is 3. The molecule has 1 aromatic carbocycles. The molecule has 7 saturated carbocycles. The minimum atomic E-state index is -1.14. The first kappa shape index (κ1) is 23.7. The minimum absolute atomic E-state index is 0.0117. The largest absolute Gasteiger partial charge is 0.339 e. The first-order chi connectivity index (χ1) is 18.8. The van der Waals surface area contributed by atoms with Crippen LogP contribution in [0.2, 0.25) is 0 Å². The molecule has 7 aliphatic rings. The molecule has 0 unspecified atom stereocenters. The zero-order chi connectivity index (χ0) is 26.5. The lowest BCUT2D eigenvalue weighted by Crippen LogP contribution is -2.71. The number of hydrogen-bond donors (Lipinski definition) is 0. The van der Waals surface area contributed by atoms with Crippen LogP contribution in [0.3, 0.4) is 0 Å². The highest BCUT2D eigenvalue weighted by atomic mass is 19.1. The maximum Gasteiger partial charge on any atom is 0.233 e. The molecule has 10 rings (SSSR count).